The summed E-state index contributed by atoms with van der Waals surface area (Å²) in [5.74, 6) is 1.04. The molecule has 0 spiro atoms. The van der Waals surface area contributed by atoms with Gasteiger partial charge in [-0.2, -0.15) is 5.01 Å². The molecule has 4 rings (SSSR count). The lowest BCUT2D eigenvalue weighted by Gasteiger charge is -2.32. The summed E-state index contributed by atoms with van der Waals surface area (Å²) in [5, 5.41) is 5.89. The number of carbonyl (C=O) groups excluding carboxylic acids is 1. The van der Waals surface area contributed by atoms with Crippen molar-refractivity contribution in [1.29, 1.82) is 0 Å². The Morgan fingerprint density at radius 1 is 1.17 bits per heavy atom. The van der Waals surface area contributed by atoms with Gasteiger partial charge < -0.3 is 9.47 Å². The second kappa shape index (κ2) is 8.06. The van der Waals surface area contributed by atoms with Crippen LogP contribution in [-0.4, -0.2) is 23.4 Å². The number of aryl methyl sites for hydroxylation is 4. The highest BCUT2D eigenvalue weighted by molar-refractivity contribution is 9.10. The zero-order chi connectivity index (χ0) is 21.5. The Labute approximate surface area is 186 Å². The van der Waals surface area contributed by atoms with Gasteiger partial charge in [-0.05, 0) is 80.0 Å². The van der Waals surface area contributed by atoms with Crippen molar-refractivity contribution in [3.8, 4) is 5.75 Å². The van der Waals surface area contributed by atoms with Crippen molar-refractivity contribution in [3.63, 3.8) is 0 Å². The zero-order valence-electron chi connectivity index (χ0n) is 17.9. The molecule has 158 valence electrons. The van der Waals surface area contributed by atoms with Crippen molar-refractivity contribution < 1.29 is 14.3 Å². The molecule has 0 N–H and O–H groups in total. The SMILES string of the molecule is CC(=O)N1N=C(COc2c(C)cc(Br)cc2C)O[C@@]1(C)c1ccc2c(c1)CCCC2. The molecule has 5 nitrogen and oxygen atoms in total. The smallest absolute Gasteiger partial charge is 0.247 e. The third-order valence-corrected chi connectivity index (χ3v) is 6.34. The highest BCUT2D eigenvalue weighted by Gasteiger charge is 2.45. The quantitative estimate of drug-likeness (QED) is 0.601. The summed E-state index contributed by atoms with van der Waals surface area (Å²) in [6.45, 7) is 7.57. The Morgan fingerprint density at radius 3 is 2.50 bits per heavy atom. The average Bonchev–Trinajstić information content (AvgIpc) is 3.05. The van der Waals surface area contributed by atoms with E-state index in [-0.39, 0.29) is 12.5 Å². The number of amides is 1. The van der Waals surface area contributed by atoms with Gasteiger partial charge in [0, 0.05) is 23.9 Å². The Hall–Kier alpha value is -2.34. The fraction of sp³-hybridized carbons (Fsp3) is 0.417. The highest BCUT2D eigenvalue weighted by atomic mass is 79.9. The highest BCUT2D eigenvalue weighted by Crippen LogP contribution is 2.37. The van der Waals surface area contributed by atoms with Crippen LogP contribution in [0.15, 0.2) is 39.9 Å². The second-order valence-corrected chi connectivity index (χ2v) is 9.17. The molecule has 2 aliphatic rings. The first kappa shape index (κ1) is 20.9. The van der Waals surface area contributed by atoms with Gasteiger partial charge in [0.05, 0.1) is 0 Å². The standard InChI is InChI=1S/C24H27BrN2O3/c1-15-11-21(25)12-16(2)23(15)29-14-22-26-27(17(3)28)24(4,30-22)20-10-9-18-7-5-6-8-19(18)13-20/h9-13H,5-8,14H2,1-4H3/t24-/m0/s1. The van der Waals surface area contributed by atoms with Crippen LogP contribution in [0.4, 0.5) is 0 Å². The first-order valence-electron chi connectivity index (χ1n) is 10.4. The van der Waals surface area contributed by atoms with E-state index in [0.29, 0.717) is 5.90 Å². The number of ether oxygens (including phenoxy) is 2. The number of halogens is 1. The summed E-state index contributed by atoms with van der Waals surface area (Å²) in [6.07, 6.45) is 4.62. The molecule has 0 radical (unpaired) electrons. The molecule has 1 atom stereocenters. The number of nitrogens with zero attached hydrogens (tertiary/aromatic N) is 2. The van der Waals surface area contributed by atoms with E-state index in [1.807, 2.05) is 32.9 Å². The molecule has 0 fully saturated rings. The molecule has 0 saturated carbocycles. The molecule has 1 aliphatic heterocycles. The van der Waals surface area contributed by atoms with Crippen molar-refractivity contribution >= 4 is 27.7 Å². The third-order valence-electron chi connectivity index (χ3n) is 5.88. The maximum Gasteiger partial charge on any atom is 0.247 e. The molecule has 0 aromatic heterocycles. The van der Waals surface area contributed by atoms with Gasteiger partial charge in [-0.15, -0.1) is 5.10 Å². The van der Waals surface area contributed by atoms with Crippen molar-refractivity contribution in [1.82, 2.24) is 5.01 Å². The van der Waals surface area contributed by atoms with Gasteiger partial charge in [-0.1, -0.05) is 28.1 Å². The van der Waals surface area contributed by atoms with Crippen molar-refractivity contribution in [2.24, 2.45) is 5.10 Å². The van der Waals surface area contributed by atoms with Crippen molar-refractivity contribution in [3.05, 3.63) is 62.6 Å². The number of benzene rings is 2. The zero-order valence-corrected chi connectivity index (χ0v) is 19.5. The lowest BCUT2D eigenvalue weighted by atomic mass is 9.88. The Morgan fingerprint density at radius 2 is 1.83 bits per heavy atom. The molecular weight excluding hydrogens is 444 g/mol. The van der Waals surface area contributed by atoms with Gasteiger partial charge in [0.2, 0.25) is 17.5 Å². The van der Waals surface area contributed by atoms with Crippen LogP contribution < -0.4 is 4.74 Å². The summed E-state index contributed by atoms with van der Waals surface area (Å²) in [7, 11) is 0. The minimum absolute atomic E-state index is 0.160. The van der Waals surface area contributed by atoms with Crippen LogP contribution >= 0.6 is 15.9 Å². The van der Waals surface area contributed by atoms with Crippen molar-refractivity contribution in [2.45, 2.75) is 59.1 Å². The fourth-order valence-corrected chi connectivity index (χ4v) is 5.08. The van der Waals surface area contributed by atoms with Crippen LogP contribution in [0.25, 0.3) is 0 Å². The summed E-state index contributed by atoms with van der Waals surface area (Å²) in [4.78, 5) is 12.4. The topological polar surface area (TPSA) is 51.1 Å². The minimum Gasteiger partial charge on any atom is -0.483 e. The molecule has 30 heavy (non-hydrogen) atoms. The van der Waals surface area contributed by atoms with Crippen LogP contribution in [0.3, 0.4) is 0 Å². The van der Waals surface area contributed by atoms with Gasteiger partial charge >= 0.3 is 0 Å². The van der Waals surface area contributed by atoms with E-state index in [0.717, 1.165) is 39.8 Å². The summed E-state index contributed by atoms with van der Waals surface area (Å²) in [6, 6.07) is 10.4. The van der Waals surface area contributed by atoms with Crippen LogP contribution in [0.1, 0.15) is 54.5 Å². The van der Waals surface area contributed by atoms with Gasteiger partial charge in [-0.25, -0.2) is 0 Å². The molecule has 1 amide bonds. The molecule has 1 aliphatic carbocycles. The summed E-state index contributed by atoms with van der Waals surface area (Å²) < 4.78 is 13.3. The molecule has 0 bridgehead atoms. The molecule has 6 heteroatoms. The Bertz CT molecular complexity index is 1010. The summed E-state index contributed by atoms with van der Waals surface area (Å²) in [5.41, 5.74) is 4.76. The van der Waals surface area contributed by atoms with E-state index in [9.17, 15) is 4.79 Å². The van der Waals surface area contributed by atoms with Crippen LogP contribution in [0.5, 0.6) is 5.75 Å². The number of rotatable bonds is 4. The van der Waals surface area contributed by atoms with Gasteiger partial charge in [0.15, 0.2) is 6.61 Å². The van der Waals surface area contributed by atoms with Crippen LogP contribution in [0, 0.1) is 13.8 Å². The average molecular weight is 471 g/mol. The lowest BCUT2D eigenvalue weighted by Crippen LogP contribution is -2.41. The molecule has 0 saturated heterocycles. The minimum atomic E-state index is -0.971. The van der Waals surface area contributed by atoms with E-state index < -0.39 is 5.72 Å². The molecule has 0 unspecified atom stereocenters. The number of carbonyl (C=O) groups is 1. The van der Waals surface area contributed by atoms with Crippen LogP contribution in [0.2, 0.25) is 0 Å². The molecular formula is C24H27BrN2O3. The molecule has 2 aromatic rings. The number of fused-ring (bicyclic) bond motifs is 1. The second-order valence-electron chi connectivity index (χ2n) is 8.26. The predicted molar refractivity (Wildman–Crippen MR) is 121 cm³/mol. The largest absolute Gasteiger partial charge is 0.483 e. The number of hydrogen-bond donors (Lipinski definition) is 0. The van der Waals surface area contributed by atoms with Crippen molar-refractivity contribution in [2.75, 3.05) is 6.61 Å². The van der Waals surface area contributed by atoms with E-state index in [2.05, 4.69) is 39.2 Å². The van der Waals surface area contributed by atoms with Gasteiger partial charge in [-0.3, -0.25) is 4.79 Å². The third kappa shape index (κ3) is 3.85. The maximum absolute atomic E-state index is 12.4. The maximum atomic E-state index is 12.4. The Kier molecular flexibility index (Phi) is 5.62. The number of hydrogen-bond acceptors (Lipinski definition) is 4. The van der Waals surface area contributed by atoms with Gasteiger partial charge in [0.25, 0.3) is 0 Å². The van der Waals surface area contributed by atoms with E-state index >= 15 is 0 Å². The Balaban J connectivity index is 1.58. The first-order valence-corrected chi connectivity index (χ1v) is 11.2. The number of hydrazone groups is 1. The fourth-order valence-electron chi connectivity index (χ4n) is 4.39. The first-order chi connectivity index (χ1) is 14.3. The van der Waals surface area contributed by atoms with E-state index in [1.165, 1.54) is 35.9 Å². The molecule has 2 aromatic carbocycles. The lowest BCUT2D eigenvalue weighted by molar-refractivity contribution is -0.146. The summed E-state index contributed by atoms with van der Waals surface area (Å²) >= 11 is 3.51. The monoisotopic (exact) mass is 470 g/mol. The molecule has 1 heterocycles. The van der Waals surface area contributed by atoms with Gasteiger partial charge in [0.1, 0.15) is 5.75 Å². The van der Waals surface area contributed by atoms with E-state index in [4.69, 9.17) is 9.47 Å². The normalized spacial score (nSPS) is 20.4. The van der Waals surface area contributed by atoms with E-state index in [1.54, 1.807) is 0 Å². The predicted octanol–water partition coefficient (Wildman–Crippen LogP) is 5.39. The van der Waals surface area contributed by atoms with Crippen LogP contribution in [-0.2, 0) is 28.1 Å².